The van der Waals surface area contributed by atoms with Crippen LogP contribution in [0.25, 0.3) is 0 Å². The summed E-state index contributed by atoms with van der Waals surface area (Å²) in [5.41, 5.74) is 1.37. The molecule has 0 aromatic heterocycles. The summed E-state index contributed by atoms with van der Waals surface area (Å²) >= 11 is 0. The number of rotatable bonds is 5. The molecule has 0 bridgehead atoms. The van der Waals surface area contributed by atoms with E-state index in [9.17, 15) is 4.79 Å². The van der Waals surface area contributed by atoms with Crippen LogP contribution in [0.2, 0.25) is 0 Å². The average Bonchev–Trinajstić information content (AvgIpc) is 2.48. The molecule has 0 radical (unpaired) electrons. The van der Waals surface area contributed by atoms with Crippen molar-refractivity contribution in [2.45, 2.75) is 38.1 Å². The summed E-state index contributed by atoms with van der Waals surface area (Å²) in [5.74, 6) is -0.0700. The maximum Gasteiger partial charge on any atom is 0.323 e. The molecule has 1 unspecified atom stereocenters. The Balaban J connectivity index is 1.81. The highest BCUT2D eigenvalue weighted by molar-refractivity contribution is 5.75. The molecule has 1 aromatic rings. The van der Waals surface area contributed by atoms with Crippen molar-refractivity contribution >= 4 is 5.97 Å². The molecule has 0 amide bonds. The molecule has 0 saturated carbocycles. The van der Waals surface area contributed by atoms with Crippen LogP contribution in [0.1, 0.15) is 31.2 Å². The van der Waals surface area contributed by atoms with E-state index < -0.39 is 0 Å². The summed E-state index contributed by atoms with van der Waals surface area (Å²) in [5, 5.41) is 0. The molecule has 1 aliphatic heterocycles. The van der Waals surface area contributed by atoms with Gasteiger partial charge in [0.05, 0.1) is 7.11 Å². The second-order valence-corrected chi connectivity index (χ2v) is 5.16. The first kappa shape index (κ1) is 14.1. The molecule has 1 fully saturated rings. The zero-order valence-electron chi connectivity index (χ0n) is 11.7. The predicted octanol–water partition coefficient (Wildman–Crippen LogP) is 2.65. The number of likely N-dealkylation sites (tertiary alicyclic amines) is 1. The van der Waals surface area contributed by atoms with Gasteiger partial charge in [0.1, 0.15) is 6.04 Å². The quantitative estimate of drug-likeness (QED) is 0.763. The number of carbonyl (C=O) groups is 1. The Morgan fingerprint density at radius 2 is 2.11 bits per heavy atom. The Bertz CT molecular complexity index is 391. The fourth-order valence-electron chi connectivity index (χ4n) is 2.79. The minimum absolute atomic E-state index is 0.0190. The van der Waals surface area contributed by atoms with Crippen molar-refractivity contribution in [1.82, 2.24) is 4.90 Å². The fourth-order valence-corrected chi connectivity index (χ4v) is 2.79. The van der Waals surface area contributed by atoms with Crippen molar-refractivity contribution in [1.29, 1.82) is 0 Å². The Morgan fingerprint density at radius 3 is 2.84 bits per heavy atom. The first-order chi connectivity index (χ1) is 9.31. The molecule has 0 spiro atoms. The lowest BCUT2D eigenvalue weighted by molar-refractivity contribution is -0.148. The van der Waals surface area contributed by atoms with Gasteiger partial charge >= 0.3 is 5.97 Å². The van der Waals surface area contributed by atoms with Gasteiger partial charge < -0.3 is 4.74 Å². The van der Waals surface area contributed by atoms with E-state index in [2.05, 4.69) is 29.2 Å². The van der Waals surface area contributed by atoms with Gasteiger partial charge in [0, 0.05) is 0 Å². The van der Waals surface area contributed by atoms with Crippen LogP contribution in [-0.4, -0.2) is 37.1 Å². The molecule has 3 nitrogen and oxygen atoms in total. The van der Waals surface area contributed by atoms with E-state index in [1.54, 1.807) is 0 Å². The summed E-state index contributed by atoms with van der Waals surface area (Å²) in [6.45, 7) is 2.00. The number of nitrogens with zero attached hydrogens (tertiary/aromatic N) is 1. The summed E-state index contributed by atoms with van der Waals surface area (Å²) in [6.07, 6.45) is 5.44. The number of methoxy groups -OCH3 is 1. The topological polar surface area (TPSA) is 29.5 Å². The zero-order valence-corrected chi connectivity index (χ0v) is 11.7. The molecule has 1 atom stereocenters. The van der Waals surface area contributed by atoms with Crippen molar-refractivity contribution < 1.29 is 9.53 Å². The third-order valence-electron chi connectivity index (χ3n) is 3.84. The largest absolute Gasteiger partial charge is 0.468 e. The van der Waals surface area contributed by atoms with Gasteiger partial charge in [-0.3, -0.25) is 9.69 Å². The van der Waals surface area contributed by atoms with Gasteiger partial charge in [-0.1, -0.05) is 36.8 Å². The number of aryl methyl sites for hydroxylation is 1. The van der Waals surface area contributed by atoms with Crippen LogP contribution in [0.15, 0.2) is 30.3 Å². The van der Waals surface area contributed by atoms with Crippen LogP contribution in [0.4, 0.5) is 0 Å². The molecule has 1 aromatic carbocycles. The highest BCUT2D eigenvalue weighted by Gasteiger charge is 2.28. The summed E-state index contributed by atoms with van der Waals surface area (Å²) in [4.78, 5) is 14.0. The third-order valence-corrected chi connectivity index (χ3v) is 3.84. The van der Waals surface area contributed by atoms with E-state index in [1.807, 2.05) is 6.07 Å². The molecule has 2 rings (SSSR count). The molecule has 0 aliphatic carbocycles. The van der Waals surface area contributed by atoms with Crippen molar-refractivity contribution in [3.8, 4) is 0 Å². The number of piperidine rings is 1. The van der Waals surface area contributed by atoms with Crippen LogP contribution in [0.5, 0.6) is 0 Å². The monoisotopic (exact) mass is 261 g/mol. The minimum Gasteiger partial charge on any atom is -0.468 e. The van der Waals surface area contributed by atoms with Crippen LogP contribution in [0, 0.1) is 0 Å². The lowest BCUT2D eigenvalue weighted by Gasteiger charge is -2.33. The first-order valence-corrected chi connectivity index (χ1v) is 7.17. The summed E-state index contributed by atoms with van der Waals surface area (Å²) < 4.78 is 4.90. The molecular formula is C16H23NO2. The number of esters is 1. The third kappa shape index (κ3) is 4.06. The SMILES string of the molecule is COC(=O)C1CCCCN1CCCc1ccccc1. The molecular weight excluding hydrogens is 238 g/mol. The zero-order chi connectivity index (χ0) is 13.5. The highest BCUT2D eigenvalue weighted by atomic mass is 16.5. The van der Waals surface area contributed by atoms with Crippen LogP contribution >= 0.6 is 0 Å². The lowest BCUT2D eigenvalue weighted by Crippen LogP contribution is -2.45. The average molecular weight is 261 g/mol. The molecule has 1 heterocycles. The number of hydrogen-bond donors (Lipinski definition) is 0. The van der Waals surface area contributed by atoms with Crippen molar-refractivity contribution in [2.75, 3.05) is 20.2 Å². The molecule has 19 heavy (non-hydrogen) atoms. The van der Waals surface area contributed by atoms with Gasteiger partial charge in [-0.25, -0.2) is 0 Å². The van der Waals surface area contributed by atoms with Crippen molar-refractivity contribution in [3.63, 3.8) is 0 Å². The molecule has 104 valence electrons. The van der Waals surface area contributed by atoms with Crippen molar-refractivity contribution in [2.24, 2.45) is 0 Å². The van der Waals surface area contributed by atoms with E-state index in [4.69, 9.17) is 4.74 Å². The lowest BCUT2D eigenvalue weighted by atomic mass is 10.0. The molecule has 0 N–H and O–H groups in total. The highest BCUT2D eigenvalue weighted by Crippen LogP contribution is 2.18. The Morgan fingerprint density at radius 1 is 1.32 bits per heavy atom. The Hall–Kier alpha value is -1.35. The van der Waals surface area contributed by atoms with Gasteiger partial charge in [0.25, 0.3) is 0 Å². The molecule has 3 heteroatoms. The maximum absolute atomic E-state index is 11.7. The summed E-state index contributed by atoms with van der Waals surface area (Å²) in [6, 6.07) is 10.5. The second kappa shape index (κ2) is 7.29. The standard InChI is InChI=1S/C16H23NO2/c1-19-16(18)15-11-5-6-12-17(15)13-7-10-14-8-3-2-4-9-14/h2-4,8-9,15H,5-7,10-13H2,1H3. The van der Waals surface area contributed by atoms with Gasteiger partial charge in [-0.2, -0.15) is 0 Å². The minimum atomic E-state index is -0.0700. The Labute approximate surface area is 115 Å². The maximum atomic E-state index is 11.7. The van der Waals surface area contributed by atoms with Crippen LogP contribution in [0.3, 0.4) is 0 Å². The van der Waals surface area contributed by atoms with Crippen molar-refractivity contribution in [3.05, 3.63) is 35.9 Å². The number of carbonyl (C=O) groups excluding carboxylic acids is 1. The van der Waals surface area contributed by atoms with Gasteiger partial charge in [-0.05, 0) is 44.3 Å². The number of hydrogen-bond acceptors (Lipinski definition) is 3. The van der Waals surface area contributed by atoms with E-state index >= 15 is 0 Å². The molecule has 1 aliphatic rings. The van der Waals surface area contributed by atoms with E-state index in [0.29, 0.717) is 0 Å². The van der Waals surface area contributed by atoms with Gasteiger partial charge in [0.15, 0.2) is 0 Å². The van der Waals surface area contributed by atoms with Crippen LogP contribution < -0.4 is 0 Å². The molecule has 1 saturated heterocycles. The van der Waals surface area contributed by atoms with E-state index in [1.165, 1.54) is 19.1 Å². The number of benzene rings is 1. The van der Waals surface area contributed by atoms with E-state index in [0.717, 1.165) is 38.8 Å². The van der Waals surface area contributed by atoms with Gasteiger partial charge in [0.2, 0.25) is 0 Å². The normalized spacial score (nSPS) is 20.2. The van der Waals surface area contributed by atoms with Gasteiger partial charge in [-0.15, -0.1) is 0 Å². The predicted molar refractivity (Wildman–Crippen MR) is 76.0 cm³/mol. The Kier molecular flexibility index (Phi) is 5.40. The number of ether oxygens (including phenoxy) is 1. The smallest absolute Gasteiger partial charge is 0.323 e. The summed E-state index contributed by atoms with van der Waals surface area (Å²) in [7, 11) is 1.49. The fraction of sp³-hybridized carbons (Fsp3) is 0.562. The first-order valence-electron chi connectivity index (χ1n) is 7.17. The van der Waals surface area contributed by atoms with Crippen LogP contribution in [-0.2, 0) is 16.0 Å². The second-order valence-electron chi connectivity index (χ2n) is 5.16. The van der Waals surface area contributed by atoms with E-state index in [-0.39, 0.29) is 12.0 Å².